The van der Waals surface area contributed by atoms with Crippen LogP contribution in [0.25, 0.3) is 0 Å². The third-order valence-electron chi connectivity index (χ3n) is 4.55. The average molecular weight is 266 g/mol. The van der Waals surface area contributed by atoms with Crippen molar-refractivity contribution in [2.24, 2.45) is 17.3 Å². The number of carbonyl (C=O) groups is 1. The molecule has 2 aliphatic rings. The molecule has 0 aromatic heterocycles. The number of likely N-dealkylation sites (tertiary alicyclic amines) is 1. The first-order chi connectivity index (χ1) is 8.78. The van der Waals surface area contributed by atoms with Gasteiger partial charge >= 0.3 is 0 Å². The maximum Gasteiger partial charge on any atom is 0.223 e. The highest BCUT2D eigenvalue weighted by Gasteiger charge is 2.43. The lowest BCUT2D eigenvalue weighted by atomic mass is 9.84. The highest BCUT2D eigenvalue weighted by Crippen LogP contribution is 2.34. The molecule has 0 spiro atoms. The molecule has 1 amide bonds. The standard InChI is InChI=1S/C16H30N2O/c1-11(8-16(3,4)5)6-15(19)18-12(2)7-13-9-17-10-14(13)18/h11-14,17H,6-10H2,1-5H3. The van der Waals surface area contributed by atoms with E-state index in [1.54, 1.807) is 0 Å². The molecule has 4 unspecified atom stereocenters. The van der Waals surface area contributed by atoms with Gasteiger partial charge in [0.15, 0.2) is 0 Å². The van der Waals surface area contributed by atoms with E-state index in [-0.39, 0.29) is 0 Å². The van der Waals surface area contributed by atoms with Crippen molar-refractivity contribution in [1.29, 1.82) is 0 Å². The number of carbonyl (C=O) groups excluding carboxylic acids is 1. The van der Waals surface area contributed by atoms with Gasteiger partial charge in [0.2, 0.25) is 5.91 Å². The zero-order chi connectivity index (χ0) is 14.2. The van der Waals surface area contributed by atoms with Gasteiger partial charge in [0.1, 0.15) is 0 Å². The van der Waals surface area contributed by atoms with Gasteiger partial charge in [-0.25, -0.2) is 0 Å². The summed E-state index contributed by atoms with van der Waals surface area (Å²) in [5.74, 6) is 1.55. The molecule has 3 heteroatoms. The third kappa shape index (κ3) is 3.50. The zero-order valence-electron chi connectivity index (χ0n) is 13.2. The second kappa shape index (κ2) is 5.43. The summed E-state index contributed by atoms with van der Waals surface area (Å²) in [6, 6.07) is 0.899. The number of hydrogen-bond donors (Lipinski definition) is 1. The van der Waals surface area contributed by atoms with Gasteiger partial charge in [-0.05, 0) is 37.0 Å². The summed E-state index contributed by atoms with van der Waals surface area (Å²) in [6.07, 6.45) is 3.01. The fourth-order valence-electron chi connectivity index (χ4n) is 4.12. The summed E-state index contributed by atoms with van der Waals surface area (Å²) in [7, 11) is 0. The molecule has 110 valence electrons. The molecule has 19 heavy (non-hydrogen) atoms. The second-order valence-electron chi connectivity index (χ2n) is 7.95. The number of hydrogen-bond acceptors (Lipinski definition) is 2. The predicted molar refractivity (Wildman–Crippen MR) is 78.9 cm³/mol. The third-order valence-corrected chi connectivity index (χ3v) is 4.55. The van der Waals surface area contributed by atoms with Gasteiger partial charge < -0.3 is 10.2 Å². The summed E-state index contributed by atoms with van der Waals surface area (Å²) in [6.45, 7) is 13.3. The largest absolute Gasteiger partial charge is 0.335 e. The Morgan fingerprint density at radius 1 is 1.37 bits per heavy atom. The summed E-state index contributed by atoms with van der Waals surface area (Å²) in [4.78, 5) is 14.8. The maximum atomic E-state index is 12.6. The minimum absolute atomic E-state index is 0.313. The highest BCUT2D eigenvalue weighted by molar-refractivity contribution is 5.77. The maximum absolute atomic E-state index is 12.6. The molecule has 0 aliphatic carbocycles. The summed E-state index contributed by atoms with van der Waals surface area (Å²) in [5.41, 5.74) is 0.313. The summed E-state index contributed by atoms with van der Waals surface area (Å²) >= 11 is 0. The molecule has 2 aliphatic heterocycles. The zero-order valence-corrected chi connectivity index (χ0v) is 13.2. The van der Waals surface area contributed by atoms with Crippen LogP contribution in [0.3, 0.4) is 0 Å². The molecule has 2 saturated heterocycles. The van der Waals surface area contributed by atoms with Crippen LogP contribution < -0.4 is 5.32 Å². The highest BCUT2D eigenvalue weighted by atomic mass is 16.2. The van der Waals surface area contributed by atoms with Crippen LogP contribution in [0, 0.1) is 17.3 Å². The van der Waals surface area contributed by atoms with Crippen LogP contribution in [0.15, 0.2) is 0 Å². The first-order valence-electron chi connectivity index (χ1n) is 7.80. The van der Waals surface area contributed by atoms with Crippen molar-refractivity contribution in [1.82, 2.24) is 10.2 Å². The van der Waals surface area contributed by atoms with E-state index in [0.717, 1.165) is 19.5 Å². The lowest BCUT2D eigenvalue weighted by Crippen LogP contribution is -2.43. The molecule has 2 heterocycles. The van der Waals surface area contributed by atoms with E-state index in [1.165, 1.54) is 6.42 Å². The Hall–Kier alpha value is -0.570. The van der Waals surface area contributed by atoms with Gasteiger partial charge in [0.05, 0.1) is 0 Å². The SMILES string of the molecule is CC(CC(=O)N1C(C)CC2CNCC21)CC(C)(C)C. The Bertz CT molecular complexity index is 334. The fraction of sp³-hybridized carbons (Fsp3) is 0.938. The molecule has 2 fully saturated rings. The van der Waals surface area contributed by atoms with E-state index in [1.807, 2.05) is 0 Å². The minimum Gasteiger partial charge on any atom is -0.335 e. The van der Waals surface area contributed by atoms with Crippen LogP contribution in [0.5, 0.6) is 0 Å². The van der Waals surface area contributed by atoms with Crippen molar-refractivity contribution in [3.05, 3.63) is 0 Å². The van der Waals surface area contributed by atoms with Crippen molar-refractivity contribution in [3.63, 3.8) is 0 Å². The number of rotatable bonds is 3. The van der Waals surface area contributed by atoms with E-state index in [9.17, 15) is 4.79 Å². The van der Waals surface area contributed by atoms with Crippen LogP contribution in [0.4, 0.5) is 0 Å². The van der Waals surface area contributed by atoms with Crippen LogP contribution in [-0.4, -0.2) is 36.0 Å². The number of amides is 1. The lowest BCUT2D eigenvalue weighted by Gasteiger charge is -2.30. The molecule has 4 atom stereocenters. The second-order valence-corrected chi connectivity index (χ2v) is 7.95. The van der Waals surface area contributed by atoms with Crippen molar-refractivity contribution >= 4 is 5.91 Å². The monoisotopic (exact) mass is 266 g/mol. The first kappa shape index (κ1) is 14.8. The molecule has 0 bridgehead atoms. The Kier molecular flexibility index (Phi) is 4.24. The van der Waals surface area contributed by atoms with E-state index >= 15 is 0 Å². The Labute approximate surface area is 118 Å². The lowest BCUT2D eigenvalue weighted by molar-refractivity contribution is -0.134. The first-order valence-corrected chi connectivity index (χ1v) is 7.80. The fourth-order valence-corrected chi connectivity index (χ4v) is 4.12. The molecule has 2 rings (SSSR count). The van der Waals surface area contributed by atoms with Gasteiger partial charge in [-0.1, -0.05) is 27.7 Å². The van der Waals surface area contributed by atoms with Gasteiger partial charge in [0, 0.05) is 31.6 Å². The molecular formula is C16H30N2O. The summed E-state index contributed by atoms with van der Waals surface area (Å²) in [5, 5.41) is 3.43. The van der Waals surface area contributed by atoms with Crippen LogP contribution in [-0.2, 0) is 4.79 Å². The molecule has 0 aromatic carbocycles. The summed E-state index contributed by atoms with van der Waals surface area (Å²) < 4.78 is 0. The Morgan fingerprint density at radius 2 is 2.05 bits per heavy atom. The van der Waals surface area contributed by atoms with Gasteiger partial charge in [-0.2, -0.15) is 0 Å². The van der Waals surface area contributed by atoms with E-state index < -0.39 is 0 Å². The Balaban J connectivity index is 1.92. The van der Waals surface area contributed by atoms with Crippen molar-refractivity contribution in [3.8, 4) is 0 Å². The number of fused-ring (bicyclic) bond motifs is 1. The average Bonchev–Trinajstić information content (AvgIpc) is 2.72. The van der Waals surface area contributed by atoms with Crippen LogP contribution in [0.1, 0.15) is 53.9 Å². The predicted octanol–water partition coefficient (Wildman–Crippen LogP) is 2.66. The topological polar surface area (TPSA) is 32.3 Å². The normalized spacial score (nSPS) is 32.5. The smallest absolute Gasteiger partial charge is 0.223 e. The van der Waals surface area contributed by atoms with Gasteiger partial charge in [-0.15, -0.1) is 0 Å². The quantitative estimate of drug-likeness (QED) is 0.852. The van der Waals surface area contributed by atoms with Crippen LogP contribution in [0.2, 0.25) is 0 Å². The molecular weight excluding hydrogens is 236 g/mol. The van der Waals surface area contributed by atoms with Crippen molar-refractivity contribution < 1.29 is 4.79 Å². The van der Waals surface area contributed by atoms with E-state index in [2.05, 4.69) is 44.8 Å². The molecule has 0 aromatic rings. The minimum atomic E-state index is 0.313. The molecule has 0 radical (unpaired) electrons. The molecule has 1 N–H and O–H groups in total. The number of nitrogens with zero attached hydrogens (tertiary/aromatic N) is 1. The Morgan fingerprint density at radius 3 is 2.68 bits per heavy atom. The van der Waals surface area contributed by atoms with E-state index in [4.69, 9.17) is 0 Å². The van der Waals surface area contributed by atoms with Gasteiger partial charge in [-0.3, -0.25) is 4.79 Å². The number of nitrogens with one attached hydrogen (secondary N) is 1. The van der Waals surface area contributed by atoms with Crippen molar-refractivity contribution in [2.45, 2.75) is 66.0 Å². The van der Waals surface area contributed by atoms with Crippen LogP contribution >= 0.6 is 0 Å². The van der Waals surface area contributed by atoms with Gasteiger partial charge in [0.25, 0.3) is 0 Å². The molecule has 0 saturated carbocycles. The van der Waals surface area contributed by atoms with Crippen molar-refractivity contribution in [2.75, 3.05) is 13.1 Å². The van der Waals surface area contributed by atoms with E-state index in [0.29, 0.717) is 41.7 Å². The molecule has 3 nitrogen and oxygen atoms in total.